The van der Waals surface area contributed by atoms with Gasteiger partial charge in [0.2, 0.25) is 0 Å². The molecular formula is C46H30N2O2. The number of furan rings is 2. The van der Waals surface area contributed by atoms with Gasteiger partial charge in [-0.2, -0.15) is 0 Å². The standard InChI is InChI=1S/C46H30N2O2/c1-4-13-32(14-5-1)47(33-15-6-2-7-16-33)35-23-27-42-41(28-35)39-24-21-36(29-44(39)49-42)48(34-17-8-3-9-18-34)37-22-25-40-45(30-37)50-43-26-20-31-12-10-11-19-38(31)46(40)43/h1-30H. The molecule has 0 unspecified atom stereocenters. The number of anilines is 6. The fourth-order valence-corrected chi connectivity index (χ4v) is 7.33. The third-order valence-corrected chi connectivity index (χ3v) is 9.60. The minimum atomic E-state index is 0.831. The molecule has 0 fully saturated rings. The van der Waals surface area contributed by atoms with E-state index in [0.717, 1.165) is 78.0 Å². The summed E-state index contributed by atoms with van der Waals surface area (Å²) in [5.41, 5.74) is 9.75. The predicted octanol–water partition coefficient (Wildman–Crippen LogP) is 13.6. The first kappa shape index (κ1) is 28.3. The van der Waals surface area contributed by atoms with E-state index in [9.17, 15) is 0 Å². The topological polar surface area (TPSA) is 32.8 Å². The maximum atomic E-state index is 6.55. The molecular weight excluding hydrogens is 613 g/mol. The zero-order chi connectivity index (χ0) is 33.0. The zero-order valence-corrected chi connectivity index (χ0v) is 27.0. The Morgan fingerprint density at radius 1 is 0.280 bits per heavy atom. The van der Waals surface area contributed by atoms with Gasteiger partial charge in [-0.05, 0) is 95.7 Å². The van der Waals surface area contributed by atoms with Crippen LogP contribution in [0.5, 0.6) is 0 Å². The lowest BCUT2D eigenvalue weighted by molar-refractivity contribution is 0.669. The Morgan fingerprint density at radius 3 is 1.42 bits per heavy atom. The van der Waals surface area contributed by atoms with Crippen LogP contribution in [0.15, 0.2) is 191 Å². The summed E-state index contributed by atoms with van der Waals surface area (Å²) in [5.74, 6) is 0. The quantitative estimate of drug-likeness (QED) is 0.181. The number of rotatable bonds is 6. The van der Waals surface area contributed by atoms with Gasteiger partial charge in [0.15, 0.2) is 0 Å². The van der Waals surface area contributed by atoms with Crippen molar-refractivity contribution in [3.63, 3.8) is 0 Å². The van der Waals surface area contributed by atoms with E-state index in [2.05, 4.69) is 174 Å². The summed E-state index contributed by atoms with van der Waals surface area (Å²) in [6, 6.07) is 63.5. The summed E-state index contributed by atoms with van der Waals surface area (Å²) in [6.07, 6.45) is 0. The molecule has 0 spiro atoms. The van der Waals surface area contributed by atoms with Crippen LogP contribution in [0, 0.1) is 0 Å². The summed E-state index contributed by atoms with van der Waals surface area (Å²) < 4.78 is 13.0. The number of para-hydroxylation sites is 3. The van der Waals surface area contributed by atoms with Crippen LogP contribution in [0.4, 0.5) is 34.1 Å². The summed E-state index contributed by atoms with van der Waals surface area (Å²) >= 11 is 0. The Balaban J connectivity index is 1.10. The molecule has 0 saturated heterocycles. The molecule has 0 amide bonds. The fraction of sp³-hybridized carbons (Fsp3) is 0. The zero-order valence-electron chi connectivity index (χ0n) is 27.0. The van der Waals surface area contributed by atoms with Gasteiger partial charge in [-0.15, -0.1) is 0 Å². The molecule has 0 bridgehead atoms. The summed E-state index contributed by atoms with van der Waals surface area (Å²) in [5, 5.41) is 6.80. The van der Waals surface area contributed by atoms with E-state index in [1.54, 1.807) is 0 Å². The van der Waals surface area contributed by atoms with E-state index >= 15 is 0 Å². The maximum Gasteiger partial charge on any atom is 0.137 e. The lowest BCUT2D eigenvalue weighted by Crippen LogP contribution is -2.09. The van der Waals surface area contributed by atoms with Gasteiger partial charge in [-0.1, -0.05) is 84.9 Å². The Labute approximate surface area is 288 Å². The van der Waals surface area contributed by atoms with Crippen LogP contribution in [0.3, 0.4) is 0 Å². The highest BCUT2D eigenvalue weighted by molar-refractivity contribution is 6.19. The van der Waals surface area contributed by atoms with E-state index < -0.39 is 0 Å². The SMILES string of the molecule is c1ccc(N(c2ccc3c(c2)oc2ccc(N(c4ccccc4)c4ccccc4)cc23)c2ccc3c(c2)oc2ccc4ccccc4c23)cc1. The normalized spacial score (nSPS) is 11.6. The van der Waals surface area contributed by atoms with Gasteiger partial charge in [0.05, 0.1) is 0 Å². The molecule has 0 saturated carbocycles. The van der Waals surface area contributed by atoms with Crippen LogP contribution in [-0.4, -0.2) is 0 Å². The summed E-state index contributed by atoms with van der Waals surface area (Å²) in [7, 11) is 0. The van der Waals surface area contributed by atoms with Crippen molar-refractivity contribution >= 4 is 88.8 Å². The average molecular weight is 643 g/mol. The molecule has 0 atom stereocenters. The van der Waals surface area contributed by atoms with Crippen molar-refractivity contribution in [1.29, 1.82) is 0 Å². The first-order valence-corrected chi connectivity index (χ1v) is 16.8. The Bertz CT molecular complexity index is 2780. The lowest BCUT2D eigenvalue weighted by Gasteiger charge is -2.25. The number of hydrogen-bond donors (Lipinski definition) is 0. The number of benzene rings is 8. The molecule has 0 aliphatic heterocycles. The average Bonchev–Trinajstić information content (AvgIpc) is 3.74. The van der Waals surface area contributed by atoms with E-state index in [1.807, 2.05) is 18.2 Å². The second kappa shape index (κ2) is 11.4. The van der Waals surface area contributed by atoms with Gasteiger partial charge in [0.1, 0.15) is 22.3 Å². The molecule has 8 aromatic carbocycles. The van der Waals surface area contributed by atoms with Crippen molar-refractivity contribution in [3.8, 4) is 0 Å². The Morgan fingerprint density at radius 2 is 0.760 bits per heavy atom. The number of fused-ring (bicyclic) bond motifs is 8. The van der Waals surface area contributed by atoms with Crippen LogP contribution in [0.2, 0.25) is 0 Å². The third kappa shape index (κ3) is 4.61. The predicted molar refractivity (Wildman–Crippen MR) is 208 cm³/mol. The van der Waals surface area contributed by atoms with Gasteiger partial charge in [0, 0.05) is 67.8 Å². The minimum Gasteiger partial charge on any atom is -0.456 e. The van der Waals surface area contributed by atoms with Gasteiger partial charge in [-0.3, -0.25) is 0 Å². The second-order valence-electron chi connectivity index (χ2n) is 12.6. The van der Waals surface area contributed by atoms with Gasteiger partial charge in [-0.25, -0.2) is 0 Å². The van der Waals surface area contributed by atoms with Crippen molar-refractivity contribution in [2.45, 2.75) is 0 Å². The fourth-order valence-electron chi connectivity index (χ4n) is 7.33. The maximum absolute atomic E-state index is 6.55. The summed E-state index contributed by atoms with van der Waals surface area (Å²) in [4.78, 5) is 4.54. The molecule has 0 N–H and O–H groups in total. The van der Waals surface area contributed by atoms with Crippen molar-refractivity contribution in [2.75, 3.05) is 9.80 Å². The van der Waals surface area contributed by atoms with Gasteiger partial charge >= 0.3 is 0 Å². The van der Waals surface area contributed by atoms with Crippen LogP contribution in [-0.2, 0) is 0 Å². The van der Waals surface area contributed by atoms with Gasteiger partial charge in [0.25, 0.3) is 0 Å². The molecule has 2 aromatic heterocycles. The molecule has 10 aromatic rings. The minimum absolute atomic E-state index is 0.831. The number of nitrogens with zero attached hydrogens (tertiary/aromatic N) is 2. The Hall–Kier alpha value is -6.78. The highest BCUT2D eigenvalue weighted by atomic mass is 16.3. The summed E-state index contributed by atoms with van der Waals surface area (Å²) in [6.45, 7) is 0. The molecule has 2 heterocycles. The van der Waals surface area contributed by atoms with Crippen molar-refractivity contribution in [2.24, 2.45) is 0 Å². The van der Waals surface area contributed by atoms with Crippen LogP contribution in [0.25, 0.3) is 54.6 Å². The third-order valence-electron chi connectivity index (χ3n) is 9.60. The molecule has 4 nitrogen and oxygen atoms in total. The van der Waals surface area contributed by atoms with Crippen LogP contribution >= 0.6 is 0 Å². The van der Waals surface area contributed by atoms with E-state index in [1.165, 1.54) is 10.8 Å². The molecule has 0 aliphatic rings. The van der Waals surface area contributed by atoms with Crippen molar-refractivity contribution in [3.05, 3.63) is 182 Å². The van der Waals surface area contributed by atoms with Gasteiger partial charge < -0.3 is 18.6 Å². The largest absolute Gasteiger partial charge is 0.456 e. The van der Waals surface area contributed by atoms with E-state index in [0.29, 0.717) is 0 Å². The molecule has 4 heteroatoms. The first-order valence-electron chi connectivity index (χ1n) is 16.8. The van der Waals surface area contributed by atoms with E-state index in [-0.39, 0.29) is 0 Å². The van der Waals surface area contributed by atoms with Crippen molar-refractivity contribution < 1.29 is 8.83 Å². The van der Waals surface area contributed by atoms with E-state index in [4.69, 9.17) is 8.83 Å². The molecule has 10 rings (SSSR count). The first-order chi connectivity index (χ1) is 24.8. The monoisotopic (exact) mass is 642 g/mol. The Kier molecular flexibility index (Phi) is 6.46. The second-order valence-corrected chi connectivity index (χ2v) is 12.6. The highest BCUT2D eigenvalue weighted by Crippen LogP contribution is 2.43. The lowest BCUT2D eigenvalue weighted by atomic mass is 10.0. The van der Waals surface area contributed by atoms with Crippen LogP contribution < -0.4 is 9.80 Å². The number of hydrogen-bond acceptors (Lipinski definition) is 4. The van der Waals surface area contributed by atoms with Crippen LogP contribution in [0.1, 0.15) is 0 Å². The molecule has 0 aliphatic carbocycles. The smallest absolute Gasteiger partial charge is 0.137 e. The molecule has 0 radical (unpaired) electrons. The molecule has 236 valence electrons. The highest BCUT2D eigenvalue weighted by Gasteiger charge is 2.19. The molecule has 50 heavy (non-hydrogen) atoms. The van der Waals surface area contributed by atoms with Crippen molar-refractivity contribution in [1.82, 2.24) is 0 Å².